The van der Waals surface area contributed by atoms with Crippen molar-refractivity contribution in [2.75, 3.05) is 49.8 Å². The second-order valence-electron chi connectivity index (χ2n) is 41.3. The monoisotopic (exact) mass is 1840 g/mol. The van der Waals surface area contributed by atoms with Gasteiger partial charge in [0.25, 0.3) is 0 Å². The molecule has 0 amide bonds. The summed E-state index contributed by atoms with van der Waals surface area (Å²) in [5, 5.41) is 2.81. The fourth-order valence-electron chi connectivity index (χ4n) is 13.2. The van der Waals surface area contributed by atoms with Gasteiger partial charge in [0.15, 0.2) is 0 Å². The fourth-order valence-corrected chi connectivity index (χ4v) is 14.5. The summed E-state index contributed by atoms with van der Waals surface area (Å²) in [5.74, 6) is 3.60. The largest absolute Gasteiger partial charge is 0.497 e. The summed E-state index contributed by atoms with van der Waals surface area (Å²) >= 11 is 23.7. The maximum atomic E-state index is 13.5. The minimum Gasteiger partial charge on any atom is -0.497 e. The molecule has 0 saturated heterocycles. The SMILES string of the molecule is CC(C)(C)c1ccc(F)cc1Cl.CC(C)(C)c1ccc(F)cc1F.COc1cc(Cl)ccc1C(C)(C)C.COc1cc(F)ccc1C(C)(C)C.COc1ccc(C(C)(C)C)c(C)c1.COc1ccc(C(C)(C)C)c(Cl)c1.COc1ccc(C(C)(C)C)c(F)c1.COc1ccc(C(C)(C)C)c(OC)c1.Cc1cc(Cl)ccc1C(C)(C)C.Cc1cc(F)ccc1C(C)(C)C. The molecule has 0 spiro atoms. The molecule has 7 nitrogen and oxygen atoms in total. The molecule has 0 fully saturated rings. The van der Waals surface area contributed by atoms with E-state index in [-0.39, 0.29) is 77.4 Å². The van der Waals surface area contributed by atoms with E-state index in [0.717, 1.165) is 67.1 Å². The van der Waals surface area contributed by atoms with Crippen LogP contribution in [0.1, 0.15) is 280 Å². The van der Waals surface area contributed by atoms with Crippen molar-refractivity contribution in [2.45, 2.75) is 283 Å². The molecule has 0 atom stereocenters. The smallest absolute Gasteiger partial charge is 0.130 e. The standard InChI is InChI=1S/C12H18O2.C12H18O.2C11H15ClO.C11H15Cl.2C11H15FO.C11H15F.C10H12ClF.C10H12F2/c1-12(2,3)10-7-6-9(13-4)8-11(10)14-5;1-9-8-10(13-5)6-7-11(9)12(2,3)4;1-11(2,3)9-6-5-8(13-4)7-10(9)12;1-11(2,3)9-6-5-8(12)7-10(9)13-4;1-8-7-9(12)5-6-10(8)11(2,3)4;1-11(2,3)9-6-5-8(13-4)7-10(9)12;1-11(2,3)9-6-5-8(12)7-10(9)13-4;1-8-7-9(12)5-6-10(8)11(2,3)4;1-10(2,3)8-5-4-7(12)6-9(8)11;1-10(2,3)8-5-4-7(11)6-9(8)12/h6-8H,1-5H3;6-8H,1-5H3;2*5-7H,1-4H3;5-7H,1-4H3;2*5-7H,1-4H3;5-7H,1-4H3;2*4-6H,1-3H3. The molecule has 127 heavy (non-hydrogen) atoms. The van der Waals surface area contributed by atoms with E-state index in [2.05, 4.69) is 184 Å². The van der Waals surface area contributed by atoms with Crippen molar-refractivity contribution < 1.29 is 59.5 Å². The summed E-state index contributed by atoms with van der Waals surface area (Å²) in [7, 11) is 11.4. The quantitative estimate of drug-likeness (QED) is 0.147. The Morgan fingerprint density at radius 2 is 0.409 bits per heavy atom. The maximum absolute atomic E-state index is 13.5. The van der Waals surface area contributed by atoms with Gasteiger partial charge < -0.3 is 33.2 Å². The van der Waals surface area contributed by atoms with Crippen LogP contribution in [-0.4, -0.2) is 49.8 Å². The van der Waals surface area contributed by atoms with Gasteiger partial charge in [-0.15, -0.1) is 0 Å². The second kappa shape index (κ2) is 50.1. The van der Waals surface area contributed by atoms with Crippen LogP contribution in [0.2, 0.25) is 20.1 Å². The molecule has 0 aromatic heterocycles. The predicted molar refractivity (Wildman–Crippen MR) is 531 cm³/mol. The van der Waals surface area contributed by atoms with Crippen LogP contribution in [-0.2, 0) is 54.1 Å². The molecule has 10 aromatic carbocycles. The predicted octanol–water partition coefficient (Wildman–Crippen LogP) is 34.3. The van der Waals surface area contributed by atoms with Gasteiger partial charge in [-0.3, -0.25) is 0 Å². The molecule has 0 radical (unpaired) electrons. The third-order valence-electron chi connectivity index (χ3n) is 19.8. The third-order valence-corrected chi connectivity index (χ3v) is 20.9. The summed E-state index contributed by atoms with van der Waals surface area (Å²) < 4.78 is 113. The van der Waals surface area contributed by atoms with Crippen molar-refractivity contribution in [3.8, 4) is 40.2 Å². The lowest BCUT2D eigenvalue weighted by Crippen LogP contribution is -2.13. The van der Waals surface area contributed by atoms with E-state index in [1.54, 1.807) is 73.0 Å². The van der Waals surface area contributed by atoms with Crippen LogP contribution in [0.5, 0.6) is 40.2 Å². The zero-order valence-corrected chi connectivity index (χ0v) is 87.0. The number of hydrogen-bond donors (Lipinski definition) is 0. The van der Waals surface area contributed by atoms with Crippen LogP contribution < -0.4 is 33.2 Å². The molecule has 10 aromatic rings. The Hall–Kier alpha value is -8.46. The van der Waals surface area contributed by atoms with Crippen molar-refractivity contribution in [1.82, 2.24) is 0 Å². The molecule has 702 valence electrons. The molecule has 0 heterocycles. The highest BCUT2D eigenvalue weighted by Gasteiger charge is 2.26. The van der Waals surface area contributed by atoms with Gasteiger partial charge in [0.1, 0.15) is 75.1 Å². The summed E-state index contributed by atoms with van der Waals surface area (Å²) in [6, 6.07) is 52.6. The van der Waals surface area contributed by atoms with Crippen molar-refractivity contribution >= 4 is 46.4 Å². The average Bonchev–Trinajstić information content (AvgIpc) is 0.806. The van der Waals surface area contributed by atoms with Crippen LogP contribution in [0, 0.1) is 55.7 Å². The molecule has 17 heteroatoms. The Bertz CT molecular complexity index is 4580. The normalized spacial score (nSPS) is 11.5. The minimum absolute atomic E-state index is 0.0148. The molecule has 0 aliphatic heterocycles. The van der Waals surface area contributed by atoms with Crippen molar-refractivity contribution in [2.24, 2.45) is 0 Å². The Morgan fingerprint density at radius 3 is 0.724 bits per heavy atom. The summed E-state index contributed by atoms with van der Waals surface area (Å²) in [5.41, 5.74) is 14.7. The third kappa shape index (κ3) is 41.0. The van der Waals surface area contributed by atoms with E-state index < -0.39 is 11.6 Å². The number of rotatable bonds is 7. The van der Waals surface area contributed by atoms with Crippen molar-refractivity contribution in [3.63, 3.8) is 0 Å². The maximum Gasteiger partial charge on any atom is 0.130 e. The highest BCUT2D eigenvalue weighted by molar-refractivity contribution is 6.32. The van der Waals surface area contributed by atoms with Gasteiger partial charge in [-0.05, 0) is 244 Å². The molecule has 0 N–H and O–H groups in total. The lowest BCUT2D eigenvalue weighted by atomic mass is 9.84. The first-order valence-corrected chi connectivity index (χ1v) is 44.1. The Balaban J connectivity index is 0.000000706. The summed E-state index contributed by atoms with van der Waals surface area (Å²) in [6.07, 6.45) is 0. The van der Waals surface area contributed by atoms with Crippen LogP contribution in [0.15, 0.2) is 182 Å². The molecular weight excluding hydrogens is 1690 g/mol. The average molecular weight is 1840 g/mol. The summed E-state index contributed by atoms with van der Waals surface area (Å²) in [6.45, 7) is 69.2. The highest BCUT2D eigenvalue weighted by Crippen LogP contribution is 2.39. The number of methoxy groups -OCH3 is 7. The first kappa shape index (κ1) is 117. The lowest BCUT2D eigenvalue weighted by molar-refractivity contribution is 0.383. The zero-order chi connectivity index (χ0) is 98.5. The van der Waals surface area contributed by atoms with Crippen LogP contribution >= 0.6 is 46.4 Å². The van der Waals surface area contributed by atoms with E-state index in [1.165, 1.54) is 94.6 Å². The van der Waals surface area contributed by atoms with Gasteiger partial charge in [-0.2, -0.15) is 0 Å². The number of benzene rings is 10. The molecule has 0 unspecified atom stereocenters. The molecule has 0 aliphatic rings. The Kier molecular flexibility index (Phi) is 46.0. The van der Waals surface area contributed by atoms with E-state index >= 15 is 0 Å². The van der Waals surface area contributed by atoms with Gasteiger partial charge in [-0.1, -0.05) is 315 Å². The first-order valence-electron chi connectivity index (χ1n) is 42.6. The van der Waals surface area contributed by atoms with Gasteiger partial charge in [0.05, 0.1) is 49.8 Å². The second-order valence-corrected chi connectivity index (χ2v) is 43.0. The van der Waals surface area contributed by atoms with E-state index in [1.807, 2.05) is 142 Å². The van der Waals surface area contributed by atoms with Crippen LogP contribution in [0.4, 0.5) is 26.3 Å². The van der Waals surface area contributed by atoms with Crippen molar-refractivity contribution in [3.05, 3.63) is 309 Å². The van der Waals surface area contributed by atoms with Crippen molar-refractivity contribution in [1.29, 1.82) is 0 Å². The van der Waals surface area contributed by atoms with E-state index in [4.69, 9.17) is 79.6 Å². The van der Waals surface area contributed by atoms with Gasteiger partial charge >= 0.3 is 0 Å². The lowest BCUT2D eigenvalue weighted by Gasteiger charge is -2.22. The molecule has 10 rings (SSSR count). The fraction of sp³-hybridized carbons (Fsp3) is 0.455. The van der Waals surface area contributed by atoms with Gasteiger partial charge in [0.2, 0.25) is 0 Å². The minimum atomic E-state index is -0.527. The van der Waals surface area contributed by atoms with Crippen LogP contribution in [0.3, 0.4) is 0 Å². The number of hydrogen-bond acceptors (Lipinski definition) is 7. The van der Waals surface area contributed by atoms with Gasteiger partial charge in [0, 0.05) is 44.4 Å². The first-order chi connectivity index (χ1) is 57.9. The molecule has 0 aliphatic carbocycles. The van der Waals surface area contributed by atoms with E-state index in [9.17, 15) is 26.3 Å². The molecular formula is C110H150Cl4F6O7. The van der Waals surface area contributed by atoms with Gasteiger partial charge in [-0.25, -0.2) is 26.3 Å². The number of halogens is 10. The molecule has 0 saturated carbocycles. The zero-order valence-electron chi connectivity index (χ0n) is 84.0. The number of ether oxygens (including phenoxy) is 7. The highest BCUT2D eigenvalue weighted by atomic mass is 35.5. The van der Waals surface area contributed by atoms with Crippen LogP contribution in [0.25, 0.3) is 0 Å². The topological polar surface area (TPSA) is 64.6 Å². The summed E-state index contributed by atoms with van der Waals surface area (Å²) in [4.78, 5) is 0. The number of aryl methyl sites for hydroxylation is 3. The Labute approximate surface area is 782 Å². The van der Waals surface area contributed by atoms with E-state index in [0.29, 0.717) is 32.7 Å². The molecule has 0 bridgehead atoms. The Morgan fingerprint density at radius 1 is 0.189 bits per heavy atom.